The molecule has 0 unspecified atom stereocenters. The number of ether oxygens (including phenoxy) is 1. The van der Waals surface area contributed by atoms with Gasteiger partial charge in [0.1, 0.15) is 0 Å². The Balaban J connectivity index is 2.71. The molecule has 2 N–H and O–H groups in total. The van der Waals surface area contributed by atoms with Gasteiger partial charge in [0.15, 0.2) is 0 Å². The van der Waals surface area contributed by atoms with Gasteiger partial charge in [0.2, 0.25) is 11.8 Å². The fourth-order valence-electron chi connectivity index (χ4n) is 1.04. The monoisotopic (exact) mass is 196 g/mol. The molecule has 0 amide bonds. The van der Waals surface area contributed by atoms with Crippen LogP contribution in [0.4, 0.5) is 5.95 Å². The van der Waals surface area contributed by atoms with E-state index in [1.54, 1.807) is 12.3 Å². The Morgan fingerprint density at radius 2 is 2.36 bits per heavy atom. The molecular formula is C9H16N4O. The van der Waals surface area contributed by atoms with Gasteiger partial charge in [-0.25, -0.2) is 4.98 Å². The van der Waals surface area contributed by atoms with Gasteiger partial charge in [-0.1, -0.05) is 0 Å². The Morgan fingerprint density at radius 1 is 1.57 bits per heavy atom. The van der Waals surface area contributed by atoms with E-state index in [0.717, 1.165) is 6.54 Å². The highest BCUT2D eigenvalue weighted by Crippen LogP contribution is 2.10. The molecular weight excluding hydrogens is 180 g/mol. The van der Waals surface area contributed by atoms with E-state index in [-0.39, 0.29) is 0 Å². The van der Waals surface area contributed by atoms with Crippen molar-refractivity contribution in [1.29, 1.82) is 0 Å². The molecule has 0 saturated carbocycles. The van der Waals surface area contributed by atoms with E-state index in [2.05, 4.69) is 9.97 Å². The number of anilines is 1. The second kappa shape index (κ2) is 5.39. The lowest BCUT2D eigenvalue weighted by molar-refractivity contribution is 0.326. The Morgan fingerprint density at radius 3 is 3.00 bits per heavy atom. The van der Waals surface area contributed by atoms with Crippen molar-refractivity contribution in [3.05, 3.63) is 12.3 Å². The third-order valence-corrected chi connectivity index (χ3v) is 1.72. The molecule has 0 saturated heterocycles. The molecule has 0 bridgehead atoms. The average molecular weight is 196 g/mol. The maximum absolute atomic E-state index is 5.44. The minimum absolute atomic E-state index is 0.582. The molecule has 14 heavy (non-hydrogen) atoms. The first-order valence-corrected chi connectivity index (χ1v) is 4.65. The molecule has 0 aliphatic heterocycles. The molecule has 1 rings (SSSR count). The lowest BCUT2D eigenvalue weighted by Gasteiger charge is -2.15. The van der Waals surface area contributed by atoms with Gasteiger partial charge in [-0.05, 0) is 6.92 Å². The van der Waals surface area contributed by atoms with E-state index in [9.17, 15) is 0 Å². The lowest BCUT2D eigenvalue weighted by Crippen LogP contribution is -2.26. The third-order valence-electron chi connectivity index (χ3n) is 1.72. The predicted octanol–water partition coefficient (Wildman–Crippen LogP) is 0.270. The molecule has 5 nitrogen and oxygen atoms in total. The SMILES string of the molecule is CCOc1ccnc(N(C)CCN)n1. The second-order valence-corrected chi connectivity index (χ2v) is 2.84. The minimum atomic E-state index is 0.582. The number of likely N-dealkylation sites (N-methyl/N-ethyl adjacent to an activating group) is 1. The summed E-state index contributed by atoms with van der Waals surface area (Å²) in [7, 11) is 1.90. The van der Waals surface area contributed by atoms with Crippen molar-refractivity contribution >= 4 is 5.95 Å². The summed E-state index contributed by atoms with van der Waals surface area (Å²) in [5.41, 5.74) is 5.44. The average Bonchev–Trinajstić information content (AvgIpc) is 2.19. The molecule has 5 heteroatoms. The molecule has 1 aromatic heterocycles. The summed E-state index contributed by atoms with van der Waals surface area (Å²) in [6.07, 6.45) is 1.68. The molecule has 78 valence electrons. The zero-order valence-electron chi connectivity index (χ0n) is 8.60. The summed E-state index contributed by atoms with van der Waals surface area (Å²) >= 11 is 0. The Bertz CT molecular complexity index is 279. The maximum Gasteiger partial charge on any atom is 0.228 e. The van der Waals surface area contributed by atoms with Crippen molar-refractivity contribution < 1.29 is 4.74 Å². The van der Waals surface area contributed by atoms with Crippen LogP contribution in [-0.2, 0) is 0 Å². The molecule has 0 aliphatic carbocycles. The summed E-state index contributed by atoms with van der Waals surface area (Å²) in [6.45, 7) is 3.84. The van der Waals surface area contributed by atoms with Crippen molar-refractivity contribution in [2.75, 3.05) is 31.6 Å². The molecule has 1 heterocycles. The summed E-state index contributed by atoms with van der Waals surface area (Å²) in [6, 6.07) is 1.74. The van der Waals surface area contributed by atoms with Crippen molar-refractivity contribution in [2.45, 2.75) is 6.92 Å². The van der Waals surface area contributed by atoms with Crippen LogP contribution in [0.25, 0.3) is 0 Å². The summed E-state index contributed by atoms with van der Waals surface area (Å²) in [4.78, 5) is 10.2. The van der Waals surface area contributed by atoms with E-state index in [1.807, 2.05) is 18.9 Å². The highest BCUT2D eigenvalue weighted by atomic mass is 16.5. The zero-order chi connectivity index (χ0) is 10.4. The molecule has 1 aromatic rings. The first-order valence-electron chi connectivity index (χ1n) is 4.65. The van der Waals surface area contributed by atoms with Crippen LogP contribution in [0, 0.1) is 0 Å². The number of hydrogen-bond acceptors (Lipinski definition) is 5. The summed E-state index contributed by atoms with van der Waals surface area (Å²) < 4.78 is 5.27. The van der Waals surface area contributed by atoms with Gasteiger partial charge >= 0.3 is 0 Å². The number of aromatic nitrogens is 2. The van der Waals surface area contributed by atoms with Crippen molar-refractivity contribution in [3.8, 4) is 5.88 Å². The number of nitrogens with two attached hydrogens (primary N) is 1. The lowest BCUT2D eigenvalue weighted by atomic mass is 10.5. The number of rotatable bonds is 5. The van der Waals surface area contributed by atoms with Crippen LogP contribution in [0.1, 0.15) is 6.92 Å². The van der Waals surface area contributed by atoms with Crippen LogP contribution in [0.5, 0.6) is 5.88 Å². The minimum Gasteiger partial charge on any atom is -0.478 e. The van der Waals surface area contributed by atoms with Crippen molar-refractivity contribution in [2.24, 2.45) is 5.73 Å². The van der Waals surface area contributed by atoms with Gasteiger partial charge in [-0.3, -0.25) is 0 Å². The van der Waals surface area contributed by atoms with Gasteiger partial charge in [0, 0.05) is 32.4 Å². The van der Waals surface area contributed by atoms with Gasteiger partial charge in [0.05, 0.1) is 6.61 Å². The van der Waals surface area contributed by atoms with Crippen LogP contribution in [0.3, 0.4) is 0 Å². The summed E-state index contributed by atoms with van der Waals surface area (Å²) in [5.74, 6) is 1.24. The quantitative estimate of drug-likeness (QED) is 0.732. The van der Waals surface area contributed by atoms with Crippen molar-refractivity contribution in [1.82, 2.24) is 9.97 Å². The Labute approximate surface area is 83.9 Å². The third kappa shape index (κ3) is 2.85. The molecule has 0 aliphatic rings. The van der Waals surface area contributed by atoms with E-state index in [4.69, 9.17) is 10.5 Å². The van der Waals surface area contributed by atoms with E-state index in [0.29, 0.717) is 25.0 Å². The van der Waals surface area contributed by atoms with Crippen LogP contribution >= 0.6 is 0 Å². The first kappa shape index (κ1) is 10.7. The highest BCUT2D eigenvalue weighted by molar-refractivity contribution is 5.30. The van der Waals surface area contributed by atoms with E-state index < -0.39 is 0 Å². The smallest absolute Gasteiger partial charge is 0.228 e. The Kier molecular flexibility index (Phi) is 4.12. The fraction of sp³-hybridized carbons (Fsp3) is 0.556. The predicted molar refractivity (Wildman–Crippen MR) is 55.5 cm³/mol. The standard InChI is InChI=1S/C9H16N4O/c1-3-14-8-4-6-11-9(12-8)13(2)7-5-10/h4,6H,3,5,7,10H2,1-2H3. The first-order chi connectivity index (χ1) is 6.77. The van der Waals surface area contributed by atoms with Crippen LogP contribution in [0.15, 0.2) is 12.3 Å². The maximum atomic E-state index is 5.44. The fourth-order valence-corrected chi connectivity index (χ4v) is 1.04. The Hall–Kier alpha value is -1.36. The van der Waals surface area contributed by atoms with E-state index in [1.165, 1.54) is 0 Å². The molecule has 0 radical (unpaired) electrons. The molecule has 0 aromatic carbocycles. The van der Waals surface area contributed by atoms with Gasteiger partial charge in [-0.15, -0.1) is 0 Å². The topological polar surface area (TPSA) is 64.3 Å². The molecule has 0 fully saturated rings. The van der Waals surface area contributed by atoms with Crippen LogP contribution in [0.2, 0.25) is 0 Å². The van der Waals surface area contributed by atoms with Gasteiger partial charge in [0.25, 0.3) is 0 Å². The molecule has 0 atom stereocenters. The molecule has 0 spiro atoms. The number of hydrogen-bond donors (Lipinski definition) is 1. The zero-order valence-corrected chi connectivity index (χ0v) is 8.60. The normalized spacial score (nSPS) is 9.93. The van der Waals surface area contributed by atoms with E-state index >= 15 is 0 Å². The van der Waals surface area contributed by atoms with Gasteiger partial charge in [-0.2, -0.15) is 4.98 Å². The van der Waals surface area contributed by atoms with Crippen LogP contribution < -0.4 is 15.4 Å². The number of nitrogens with zero attached hydrogens (tertiary/aromatic N) is 3. The summed E-state index contributed by atoms with van der Waals surface area (Å²) in [5, 5.41) is 0. The largest absolute Gasteiger partial charge is 0.478 e. The van der Waals surface area contributed by atoms with Gasteiger partial charge < -0.3 is 15.4 Å². The second-order valence-electron chi connectivity index (χ2n) is 2.84. The van der Waals surface area contributed by atoms with Crippen LogP contribution in [-0.4, -0.2) is 36.7 Å². The van der Waals surface area contributed by atoms with Crippen molar-refractivity contribution in [3.63, 3.8) is 0 Å². The highest BCUT2D eigenvalue weighted by Gasteiger charge is 2.03.